The third-order valence-electron chi connectivity index (χ3n) is 2.27. The smallest absolute Gasteiger partial charge is 0.129 e. The van der Waals surface area contributed by atoms with Gasteiger partial charge in [-0.15, -0.1) is 0 Å². The Balaban J connectivity index is 2.32. The van der Waals surface area contributed by atoms with E-state index in [1.807, 2.05) is 36.4 Å². The Labute approximate surface area is 93.7 Å². The molecule has 1 atom stereocenters. The molecule has 1 unspecified atom stereocenters. The number of rotatable bonds is 2. The van der Waals surface area contributed by atoms with E-state index in [1.54, 1.807) is 12.3 Å². The minimum absolute atomic E-state index is 0.147. The summed E-state index contributed by atoms with van der Waals surface area (Å²) in [6.45, 7) is 0. The summed E-state index contributed by atoms with van der Waals surface area (Å²) in [7, 11) is 0. The summed E-state index contributed by atoms with van der Waals surface area (Å²) >= 11 is 5.81. The van der Waals surface area contributed by atoms with Crippen LogP contribution in [-0.4, -0.2) is 4.98 Å². The Hall–Kier alpha value is -1.38. The van der Waals surface area contributed by atoms with Crippen molar-refractivity contribution >= 4 is 11.6 Å². The Kier molecular flexibility index (Phi) is 2.99. The molecule has 0 radical (unpaired) electrons. The highest BCUT2D eigenvalue weighted by molar-refractivity contribution is 6.29. The fraction of sp³-hybridized carbons (Fsp3) is 0.0833. The Morgan fingerprint density at radius 1 is 1.07 bits per heavy atom. The number of aromatic nitrogens is 1. The topological polar surface area (TPSA) is 38.9 Å². The van der Waals surface area contributed by atoms with E-state index in [0.29, 0.717) is 5.15 Å². The molecule has 15 heavy (non-hydrogen) atoms. The van der Waals surface area contributed by atoms with Crippen molar-refractivity contribution in [2.75, 3.05) is 0 Å². The molecule has 0 amide bonds. The molecule has 0 fully saturated rings. The second-order valence-electron chi connectivity index (χ2n) is 3.30. The number of hydrogen-bond donors (Lipinski definition) is 1. The largest absolute Gasteiger partial charge is 0.320 e. The molecule has 1 aromatic heterocycles. The predicted octanol–water partition coefficient (Wildman–Crippen LogP) is 2.78. The SMILES string of the molecule is NC(c1ccccc1)c1ccnc(Cl)c1. The van der Waals surface area contributed by atoms with Gasteiger partial charge in [0.2, 0.25) is 0 Å². The lowest BCUT2D eigenvalue weighted by Crippen LogP contribution is -2.11. The summed E-state index contributed by atoms with van der Waals surface area (Å²) in [6, 6.07) is 13.4. The van der Waals surface area contributed by atoms with Gasteiger partial charge in [-0.1, -0.05) is 41.9 Å². The van der Waals surface area contributed by atoms with Crippen molar-refractivity contribution in [3.8, 4) is 0 Å². The number of halogens is 1. The molecule has 2 aromatic rings. The molecule has 0 saturated carbocycles. The lowest BCUT2D eigenvalue weighted by molar-refractivity contribution is 0.868. The van der Waals surface area contributed by atoms with Crippen LogP contribution >= 0.6 is 11.6 Å². The maximum atomic E-state index is 6.10. The monoisotopic (exact) mass is 218 g/mol. The highest BCUT2D eigenvalue weighted by atomic mass is 35.5. The average molecular weight is 219 g/mol. The number of nitrogens with two attached hydrogens (primary N) is 1. The molecule has 76 valence electrons. The minimum atomic E-state index is -0.147. The molecular weight excluding hydrogens is 208 g/mol. The standard InChI is InChI=1S/C12H11ClN2/c13-11-8-10(6-7-15-11)12(14)9-4-2-1-3-5-9/h1-8,12H,14H2. The minimum Gasteiger partial charge on any atom is -0.320 e. The average Bonchev–Trinajstić information content (AvgIpc) is 2.29. The summed E-state index contributed by atoms with van der Waals surface area (Å²) < 4.78 is 0. The van der Waals surface area contributed by atoms with Crippen LogP contribution in [-0.2, 0) is 0 Å². The van der Waals surface area contributed by atoms with Crippen molar-refractivity contribution in [3.63, 3.8) is 0 Å². The summed E-state index contributed by atoms with van der Waals surface area (Å²) in [5, 5.41) is 0.471. The van der Waals surface area contributed by atoms with Crippen LogP contribution in [0.2, 0.25) is 5.15 Å². The summed E-state index contributed by atoms with van der Waals surface area (Å²) in [6.07, 6.45) is 1.67. The van der Waals surface area contributed by atoms with Crippen molar-refractivity contribution in [1.82, 2.24) is 4.98 Å². The zero-order valence-corrected chi connectivity index (χ0v) is 8.85. The van der Waals surface area contributed by atoms with E-state index in [9.17, 15) is 0 Å². The maximum Gasteiger partial charge on any atom is 0.129 e. The van der Waals surface area contributed by atoms with Gasteiger partial charge in [0.15, 0.2) is 0 Å². The van der Waals surface area contributed by atoms with Crippen molar-refractivity contribution < 1.29 is 0 Å². The van der Waals surface area contributed by atoms with Gasteiger partial charge in [-0.25, -0.2) is 4.98 Å². The Morgan fingerprint density at radius 2 is 1.80 bits per heavy atom. The molecule has 1 heterocycles. The van der Waals surface area contributed by atoms with E-state index in [2.05, 4.69) is 4.98 Å². The van der Waals surface area contributed by atoms with Gasteiger partial charge in [0, 0.05) is 6.20 Å². The van der Waals surface area contributed by atoms with Gasteiger partial charge in [0.25, 0.3) is 0 Å². The van der Waals surface area contributed by atoms with Crippen LogP contribution in [0.3, 0.4) is 0 Å². The van der Waals surface area contributed by atoms with Gasteiger partial charge < -0.3 is 5.73 Å². The van der Waals surface area contributed by atoms with Crippen molar-refractivity contribution in [1.29, 1.82) is 0 Å². The molecule has 0 bridgehead atoms. The highest BCUT2D eigenvalue weighted by Gasteiger charge is 2.08. The first-order valence-electron chi connectivity index (χ1n) is 4.69. The number of hydrogen-bond acceptors (Lipinski definition) is 2. The Morgan fingerprint density at radius 3 is 2.47 bits per heavy atom. The molecule has 0 aliphatic heterocycles. The predicted molar refractivity (Wildman–Crippen MR) is 61.7 cm³/mol. The van der Waals surface area contributed by atoms with E-state index in [0.717, 1.165) is 11.1 Å². The summed E-state index contributed by atoms with van der Waals surface area (Å²) in [4.78, 5) is 3.93. The summed E-state index contributed by atoms with van der Waals surface area (Å²) in [5.74, 6) is 0. The molecule has 0 saturated heterocycles. The molecule has 2 rings (SSSR count). The first kappa shape index (κ1) is 10.1. The Bertz CT molecular complexity index is 442. The third-order valence-corrected chi connectivity index (χ3v) is 2.48. The second-order valence-corrected chi connectivity index (χ2v) is 3.69. The lowest BCUT2D eigenvalue weighted by Gasteiger charge is -2.12. The van der Waals surface area contributed by atoms with Crippen LogP contribution in [0.4, 0.5) is 0 Å². The molecule has 3 heteroatoms. The zero-order valence-electron chi connectivity index (χ0n) is 8.10. The van der Waals surface area contributed by atoms with E-state index in [1.165, 1.54) is 0 Å². The molecular formula is C12H11ClN2. The van der Waals surface area contributed by atoms with Crippen LogP contribution in [0, 0.1) is 0 Å². The third kappa shape index (κ3) is 2.35. The quantitative estimate of drug-likeness (QED) is 0.788. The first-order valence-corrected chi connectivity index (χ1v) is 5.07. The number of nitrogens with zero attached hydrogens (tertiary/aromatic N) is 1. The van der Waals surface area contributed by atoms with Crippen LogP contribution < -0.4 is 5.73 Å². The van der Waals surface area contributed by atoms with Gasteiger partial charge >= 0.3 is 0 Å². The van der Waals surface area contributed by atoms with Crippen molar-refractivity contribution in [2.45, 2.75) is 6.04 Å². The molecule has 0 aliphatic rings. The van der Waals surface area contributed by atoms with Crippen molar-refractivity contribution in [3.05, 3.63) is 64.9 Å². The molecule has 2 nitrogen and oxygen atoms in total. The van der Waals surface area contributed by atoms with Gasteiger partial charge in [-0.05, 0) is 23.3 Å². The van der Waals surface area contributed by atoms with Gasteiger partial charge in [-0.2, -0.15) is 0 Å². The lowest BCUT2D eigenvalue weighted by atomic mass is 10.0. The fourth-order valence-electron chi connectivity index (χ4n) is 1.46. The van der Waals surface area contributed by atoms with Crippen LogP contribution in [0.15, 0.2) is 48.7 Å². The number of pyridine rings is 1. The van der Waals surface area contributed by atoms with Gasteiger partial charge in [-0.3, -0.25) is 0 Å². The van der Waals surface area contributed by atoms with Crippen LogP contribution in [0.1, 0.15) is 17.2 Å². The van der Waals surface area contributed by atoms with Crippen molar-refractivity contribution in [2.24, 2.45) is 5.73 Å². The second kappa shape index (κ2) is 4.43. The van der Waals surface area contributed by atoms with Gasteiger partial charge in [0.05, 0.1) is 6.04 Å². The normalized spacial score (nSPS) is 12.4. The highest BCUT2D eigenvalue weighted by Crippen LogP contribution is 2.20. The van der Waals surface area contributed by atoms with E-state index in [-0.39, 0.29) is 6.04 Å². The van der Waals surface area contributed by atoms with Gasteiger partial charge in [0.1, 0.15) is 5.15 Å². The summed E-state index contributed by atoms with van der Waals surface area (Å²) in [5.41, 5.74) is 8.14. The van der Waals surface area contributed by atoms with Crippen LogP contribution in [0.5, 0.6) is 0 Å². The van der Waals surface area contributed by atoms with E-state index in [4.69, 9.17) is 17.3 Å². The number of benzene rings is 1. The zero-order chi connectivity index (χ0) is 10.7. The van der Waals surface area contributed by atoms with Crippen LogP contribution in [0.25, 0.3) is 0 Å². The molecule has 0 aliphatic carbocycles. The maximum absolute atomic E-state index is 6.10. The van der Waals surface area contributed by atoms with E-state index < -0.39 is 0 Å². The van der Waals surface area contributed by atoms with E-state index >= 15 is 0 Å². The first-order chi connectivity index (χ1) is 7.27. The molecule has 2 N–H and O–H groups in total. The molecule has 1 aromatic carbocycles. The fourth-order valence-corrected chi connectivity index (χ4v) is 1.65. The molecule has 0 spiro atoms.